The van der Waals surface area contributed by atoms with E-state index in [1.807, 2.05) is 19.9 Å². The number of fused-ring (bicyclic) bond motifs is 1. The van der Waals surface area contributed by atoms with Crippen molar-refractivity contribution in [2.24, 2.45) is 0 Å². The number of rotatable bonds is 1. The summed E-state index contributed by atoms with van der Waals surface area (Å²) in [5.41, 5.74) is 6.19. The van der Waals surface area contributed by atoms with E-state index < -0.39 is 5.97 Å². The zero-order valence-corrected chi connectivity index (χ0v) is 11.5. The molecule has 18 heavy (non-hydrogen) atoms. The zero-order chi connectivity index (χ0) is 13.6. The molecule has 1 N–H and O–H groups in total. The third-order valence-corrected chi connectivity index (χ3v) is 4.01. The van der Waals surface area contributed by atoms with Crippen LogP contribution < -0.4 is 0 Å². The van der Waals surface area contributed by atoms with E-state index in [4.69, 9.17) is 0 Å². The van der Waals surface area contributed by atoms with Crippen molar-refractivity contribution < 1.29 is 9.90 Å². The summed E-state index contributed by atoms with van der Waals surface area (Å²) in [5.74, 6) is -0.856. The van der Waals surface area contributed by atoms with Crippen molar-refractivity contribution in [3.8, 4) is 0 Å². The SMILES string of the molecule is Cc1cc2c(C(=O)O)cc(C)c(C)c2c(C)c1C. The Hall–Kier alpha value is -1.83. The van der Waals surface area contributed by atoms with Crippen LogP contribution >= 0.6 is 0 Å². The van der Waals surface area contributed by atoms with E-state index in [0.29, 0.717) is 5.56 Å². The third-order valence-electron chi connectivity index (χ3n) is 4.01. The highest BCUT2D eigenvalue weighted by atomic mass is 16.4. The Morgan fingerprint density at radius 2 is 1.44 bits per heavy atom. The molecule has 0 fully saturated rings. The van der Waals surface area contributed by atoms with Gasteiger partial charge in [-0.05, 0) is 79.3 Å². The molecule has 94 valence electrons. The fourth-order valence-corrected chi connectivity index (χ4v) is 2.55. The lowest BCUT2D eigenvalue weighted by Gasteiger charge is -2.15. The lowest BCUT2D eigenvalue weighted by molar-refractivity contribution is 0.0699. The van der Waals surface area contributed by atoms with Gasteiger partial charge >= 0.3 is 5.97 Å². The van der Waals surface area contributed by atoms with Gasteiger partial charge in [0.2, 0.25) is 0 Å². The van der Waals surface area contributed by atoms with Crippen LogP contribution in [0.2, 0.25) is 0 Å². The molecule has 0 radical (unpaired) electrons. The number of carboxylic acids is 1. The number of aromatic carboxylic acids is 1. The van der Waals surface area contributed by atoms with E-state index in [2.05, 4.69) is 20.8 Å². The standard InChI is InChI=1S/C16H18O2/c1-8-6-13-14(16(17)18)7-9(2)11(4)15(13)12(5)10(8)3/h6-7H,1-5H3,(H,17,18). The molecule has 0 amide bonds. The molecule has 0 aliphatic rings. The van der Waals surface area contributed by atoms with Crippen molar-refractivity contribution in [3.05, 3.63) is 45.5 Å². The number of hydrogen-bond acceptors (Lipinski definition) is 1. The van der Waals surface area contributed by atoms with E-state index in [0.717, 1.165) is 21.9 Å². The molecule has 0 unspecified atom stereocenters. The Morgan fingerprint density at radius 1 is 0.889 bits per heavy atom. The van der Waals surface area contributed by atoms with E-state index in [-0.39, 0.29) is 0 Å². The van der Waals surface area contributed by atoms with Gasteiger partial charge in [-0.3, -0.25) is 0 Å². The second-order valence-corrected chi connectivity index (χ2v) is 5.04. The molecule has 2 aromatic carbocycles. The van der Waals surface area contributed by atoms with Crippen molar-refractivity contribution in [2.75, 3.05) is 0 Å². The van der Waals surface area contributed by atoms with Crippen molar-refractivity contribution in [1.82, 2.24) is 0 Å². The monoisotopic (exact) mass is 242 g/mol. The van der Waals surface area contributed by atoms with Crippen LogP contribution in [0.3, 0.4) is 0 Å². The molecule has 0 atom stereocenters. The first-order chi connectivity index (χ1) is 8.34. The number of hydrogen-bond donors (Lipinski definition) is 1. The lowest BCUT2D eigenvalue weighted by atomic mass is 9.89. The van der Waals surface area contributed by atoms with Gasteiger partial charge in [0.25, 0.3) is 0 Å². The predicted molar refractivity (Wildman–Crippen MR) is 74.6 cm³/mol. The number of carbonyl (C=O) groups is 1. The summed E-state index contributed by atoms with van der Waals surface area (Å²) in [7, 11) is 0. The minimum absolute atomic E-state index is 0.402. The fourth-order valence-electron chi connectivity index (χ4n) is 2.55. The number of aryl methyl sites for hydroxylation is 4. The average molecular weight is 242 g/mol. The van der Waals surface area contributed by atoms with Crippen molar-refractivity contribution in [1.29, 1.82) is 0 Å². The molecule has 0 aliphatic heterocycles. The summed E-state index contributed by atoms with van der Waals surface area (Å²) in [6.45, 7) is 10.2. The van der Waals surface area contributed by atoms with E-state index >= 15 is 0 Å². The summed E-state index contributed by atoms with van der Waals surface area (Å²) < 4.78 is 0. The second kappa shape index (κ2) is 4.13. The molecule has 2 rings (SSSR count). The van der Waals surface area contributed by atoms with Crippen LogP contribution in [0.15, 0.2) is 12.1 Å². The molecule has 2 heteroatoms. The molecule has 0 heterocycles. The molecule has 2 nitrogen and oxygen atoms in total. The maximum atomic E-state index is 11.4. The van der Waals surface area contributed by atoms with Crippen LogP contribution in [-0.2, 0) is 0 Å². The molecule has 0 bridgehead atoms. The van der Waals surface area contributed by atoms with Crippen LogP contribution in [0.4, 0.5) is 0 Å². The van der Waals surface area contributed by atoms with Crippen molar-refractivity contribution in [3.63, 3.8) is 0 Å². The van der Waals surface area contributed by atoms with E-state index in [9.17, 15) is 9.90 Å². The summed E-state index contributed by atoms with van der Waals surface area (Å²) in [4.78, 5) is 11.4. The van der Waals surface area contributed by atoms with Gasteiger partial charge in [0, 0.05) is 0 Å². The highest BCUT2D eigenvalue weighted by Gasteiger charge is 2.15. The van der Waals surface area contributed by atoms with Gasteiger partial charge in [-0.2, -0.15) is 0 Å². The molecule has 0 aromatic heterocycles. The molecular formula is C16H18O2. The Bertz CT molecular complexity index is 667. The quantitative estimate of drug-likeness (QED) is 0.818. The summed E-state index contributed by atoms with van der Waals surface area (Å²) in [6, 6.07) is 3.77. The van der Waals surface area contributed by atoms with Gasteiger partial charge in [-0.1, -0.05) is 6.07 Å². The first-order valence-corrected chi connectivity index (χ1v) is 6.08. The summed E-state index contributed by atoms with van der Waals surface area (Å²) in [5, 5.41) is 11.3. The molecule has 0 saturated carbocycles. The van der Waals surface area contributed by atoms with Crippen LogP contribution in [0.25, 0.3) is 10.8 Å². The molecule has 0 saturated heterocycles. The van der Waals surface area contributed by atoms with E-state index in [1.54, 1.807) is 6.07 Å². The van der Waals surface area contributed by atoms with Gasteiger partial charge in [-0.15, -0.1) is 0 Å². The number of carboxylic acid groups (broad SMARTS) is 1. The normalized spacial score (nSPS) is 10.9. The topological polar surface area (TPSA) is 37.3 Å². The van der Waals surface area contributed by atoms with Crippen LogP contribution in [0.5, 0.6) is 0 Å². The smallest absolute Gasteiger partial charge is 0.336 e. The molecule has 0 aliphatic carbocycles. The Balaban J connectivity index is 3.09. The van der Waals surface area contributed by atoms with Crippen molar-refractivity contribution in [2.45, 2.75) is 34.6 Å². The maximum Gasteiger partial charge on any atom is 0.336 e. The van der Waals surface area contributed by atoms with Gasteiger partial charge in [0.05, 0.1) is 5.56 Å². The minimum Gasteiger partial charge on any atom is -0.478 e. The third kappa shape index (κ3) is 1.69. The largest absolute Gasteiger partial charge is 0.478 e. The lowest BCUT2D eigenvalue weighted by Crippen LogP contribution is -2.02. The first kappa shape index (κ1) is 12.6. The van der Waals surface area contributed by atoms with E-state index in [1.165, 1.54) is 16.7 Å². The van der Waals surface area contributed by atoms with Crippen LogP contribution in [0, 0.1) is 34.6 Å². The van der Waals surface area contributed by atoms with Crippen molar-refractivity contribution >= 4 is 16.7 Å². The molecule has 2 aromatic rings. The Morgan fingerprint density at radius 3 is 2.00 bits per heavy atom. The maximum absolute atomic E-state index is 11.4. The van der Waals surface area contributed by atoms with Gasteiger partial charge in [0.1, 0.15) is 0 Å². The second-order valence-electron chi connectivity index (χ2n) is 5.04. The number of benzene rings is 2. The predicted octanol–water partition coefficient (Wildman–Crippen LogP) is 4.08. The van der Waals surface area contributed by atoms with Gasteiger partial charge in [0.15, 0.2) is 0 Å². The van der Waals surface area contributed by atoms with Crippen LogP contribution in [0.1, 0.15) is 38.2 Å². The summed E-state index contributed by atoms with van der Waals surface area (Å²) >= 11 is 0. The van der Waals surface area contributed by atoms with Gasteiger partial charge in [-0.25, -0.2) is 4.79 Å². The zero-order valence-electron chi connectivity index (χ0n) is 11.5. The van der Waals surface area contributed by atoms with Gasteiger partial charge < -0.3 is 5.11 Å². The molecular weight excluding hydrogens is 224 g/mol. The Kier molecular flexibility index (Phi) is 2.89. The fraction of sp³-hybridized carbons (Fsp3) is 0.312. The highest BCUT2D eigenvalue weighted by Crippen LogP contribution is 2.32. The average Bonchev–Trinajstić information content (AvgIpc) is 2.30. The van der Waals surface area contributed by atoms with Crippen LogP contribution in [-0.4, -0.2) is 11.1 Å². The minimum atomic E-state index is -0.856. The first-order valence-electron chi connectivity index (χ1n) is 6.08. The summed E-state index contributed by atoms with van der Waals surface area (Å²) in [6.07, 6.45) is 0. The molecule has 0 spiro atoms. The highest BCUT2D eigenvalue weighted by molar-refractivity contribution is 6.06. The Labute approximate surface area is 107 Å².